The van der Waals surface area contributed by atoms with Crippen molar-refractivity contribution < 1.29 is 4.79 Å². The van der Waals surface area contributed by atoms with Crippen LogP contribution in [0.1, 0.15) is 12.5 Å². The van der Waals surface area contributed by atoms with Gasteiger partial charge in [-0.3, -0.25) is 4.79 Å². The molecule has 1 rings (SSSR count). The van der Waals surface area contributed by atoms with E-state index >= 15 is 0 Å². The SMILES string of the molecule is CC(=Cc1ccccc1)C(=O)N=[N+]=[N-]. The minimum absolute atomic E-state index is 0.425. The highest BCUT2D eigenvalue weighted by Gasteiger charge is 1.99. The molecule has 0 saturated heterocycles. The number of carbonyl (C=O) groups excluding carboxylic acids is 1. The molecular formula is C10H9N3O. The Balaban J connectivity index is 2.89. The van der Waals surface area contributed by atoms with Crippen LogP contribution in [-0.2, 0) is 4.79 Å². The molecule has 0 bridgehead atoms. The van der Waals surface area contributed by atoms with E-state index in [2.05, 4.69) is 10.0 Å². The molecule has 0 heterocycles. The zero-order chi connectivity index (χ0) is 10.4. The smallest absolute Gasteiger partial charge is 0.244 e. The third kappa shape index (κ3) is 2.77. The molecule has 0 fully saturated rings. The Morgan fingerprint density at radius 2 is 2.07 bits per heavy atom. The summed E-state index contributed by atoms with van der Waals surface area (Å²) in [6.07, 6.45) is 1.68. The Kier molecular flexibility index (Phi) is 3.47. The van der Waals surface area contributed by atoms with E-state index in [1.807, 2.05) is 30.3 Å². The summed E-state index contributed by atoms with van der Waals surface area (Å²) in [6.45, 7) is 1.62. The zero-order valence-electron chi connectivity index (χ0n) is 7.71. The minimum Gasteiger partial charge on any atom is -0.287 e. The second-order valence-corrected chi connectivity index (χ2v) is 2.73. The van der Waals surface area contributed by atoms with Gasteiger partial charge in [-0.15, -0.1) is 0 Å². The Hall–Kier alpha value is -2.06. The molecule has 0 radical (unpaired) electrons. The van der Waals surface area contributed by atoms with Gasteiger partial charge in [0.05, 0.1) is 0 Å². The van der Waals surface area contributed by atoms with Gasteiger partial charge in [-0.25, -0.2) is 0 Å². The summed E-state index contributed by atoms with van der Waals surface area (Å²) >= 11 is 0. The third-order valence-corrected chi connectivity index (χ3v) is 1.66. The number of hydrogen-bond acceptors (Lipinski definition) is 1. The van der Waals surface area contributed by atoms with Crippen LogP contribution in [-0.4, -0.2) is 5.91 Å². The number of azide groups is 1. The number of amides is 1. The van der Waals surface area contributed by atoms with Crippen LogP contribution in [0.3, 0.4) is 0 Å². The van der Waals surface area contributed by atoms with Gasteiger partial charge < -0.3 is 0 Å². The van der Waals surface area contributed by atoms with E-state index in [9.17, 15) is 4.79 Å². The maximum absolute atomic E-state index is 11.1. The summed E-state index contributed by atoms with van der Waals surface area (Å²) in [7, 11) is 0. The largest absolute Gasteiger partial charge is 0.287 e. The van der Waals surface area contributed by atoms with Crippen LogP contribution in [0.25, 0.3) is 16.5 Å². The topological polar surface area (TPSA) is 65.8 Å². The van der Waals surface area contributed by atoms with Crippen molar-refractivity contribution >= 4 is 12.0 Å². The van der Waals surface area contributed by atoms with E-state index in [-0.39, 0.29) is 0 Å². The van der Waals surface area contributed by atoms with Crippen molar-refractivity contribution in [2.45, 2.75) is 6.92 Å². The van der Waals surface area contributed by atoms with Crippen molar-refractivity contribution in [3.8, 4) is 0 Å². The number of nitrogens with zero attached hydrogens (tertiary/aromatic N) is 3. The van der Waals surface area contributed by atoms with Crippen molar-refractivity contribution in [2.24, 2.45) is 5.11 Å². The Morgan fingerprint density at radius 3 is 2.64 bits per heavy atom. The summed E-state index contributed by atoms with van der Waals surface area (Å²) in [6, 6.07) is 9.37. The molecule has 1 amide bonds. The van der Waals surface area contributed by atoms with Crippen LogP contribution < -0.4 is 0 Å². The fourth-order valence-corrected chi connectivity index (χ4v) is 0.980. The van der Waals surface area contributed by atoms with Crippen molar-refractivity contribution in [3.05, 3.63) is 51.9 Å². The van der Waals surface area contributed by atoms with E-state index in [1.165, 1.54) is 0 Å². The first-order valence-electron chi connectivity index (χ1n) is 4.07. The van der Waals surface area contributed by atoms with Gasteiger partial charge in [-0.1, -0.05) is 30.3 Å². The van der Waals surface area contributed by atoms with E-state index in [4.69, 9.17) is 5.53 Å². The van der Waals surface area contributed by atoms with Gasteiger partial charge in [0.1, 0.15) is 0 Å². The van der Waals surface area contributed by atoms with E-state index in [1.54, 1.807) is 13.0 Å². The number of carbonyl (C=O) groups is 1. The van der Waals surface area contributed by atoms with Crippen molar-refractivity contribution in [1.29, 1.82) is 0 Å². The third-order valence-electron chi connectivity index (χ3n) is 1.66. The van der Waals surface area contributed by atoms with Crippen LogP contribution in [0.5, 0.6) is 0 Å². The summed E-state index contributed by atoms with van der Waals surface area (Å²) < 4.78 is 0. The number of rotatable bonds is 2. The molecule has 70 valence electrons. The first-order chi connectivity index (χ1) is 6.74. The quantitative estimate of drug-likeness (QED) is 0.304. The summed E-state index contributed by atoms with van der Waals surface area (Å²) in [5, 5.41) is 2.99. The lowest BCUT2D eigenvalue weighted by Crippen LogP contribution is -1.92. The highest BCUT2D eigenvalue weighted by atomic mass is 16.1. The van der Waals surface area contributed by atoms with Gasteiger partial charge in [0.25, 0.3) is 0 Å². The highest BCUT2D eigenvalue weighted by Crippen LogP contribution is 2.07. The lowest BCUT2D eigenvalue weighted by Gasteiger charge is -1.94. The Bertz CT molecular complexity index is 403. The van der Waals surface area contributed by atoms with E-state index < -0.39 is 5.91 Å². The van der Waals surface area contributed by atoms with E-state index in [0.717, 1.165) is 5.56 Å². The standard InChI is InChI=1S/C10H9N3O/c1-8(10(14)12-13-11)7-9-5-3-2-4-6-9/h2-7H,1H3. The van der Waals surface area contributed by atoms with Gasteiger partial charge in [0.2, 0.25) is 5.91 Å². The average Bonchev–Trinajstić information content (AvgIpc) is 2.19. The second-order valence-electron chi connectivity index (χ2n) is 2.73. The molecule has 14 heavy (non-hydrogen) atoms. The van der Waals surface area contributed by atoms with Gasteiger partial charge in [0, 0.05) is 4.91 Å². The normalized spacial score (nSPS) is 10.5. The molecule has 0 aliphatic carbocycles. The molecule has 1 aromatic carbocycles. The molecule has 1 aromatic rings. The van der Waals surface area contributed by atoms with Crippen molar-refractivity contribution in [1.82, 2.24) is 0 Å². The molecular weight excluding hydrogens is 178 g/mol. The summed E-state index contributed by atoms with van der Waals surface area (Å²) in [4.78, 5) is 13.5. The predicted octanol–water partition coefficient (Wildman–Crippen LogP) is 2.93. The Morgan fingerprint density at radius 1 is 1.43 bits per heavy atom. The first-order valence-corrected chi connectivity index (χ1v) is 4.07. The highest BCUT2D eigenvalue weighted by molar-refractivity contribution is 5.97. The number of hydrogen-bond donors (Lipinski definition) is 0. The Labute approximate surface area is 81.5 Å². The van der Waals surface area contributed by atoms with Crippen LogP contribution >= 0.6 is 0 Å². The fraction of sp³-hybridized carbons (Fsp3) is 0.100. The van der Waals surface area contributed by atoms with Gasteiger partial charge in [-0.05, 0) is 34.8 Å². The molecule has 4 heteroatoms. The molecule has 0 aromatic heterocycles. The minimum atomic E-state index is -0.545. The predicted molar refractivity (Wildman–Crippen MR) is 54.2 cm³/mol. The molecule has 4 nitrogen and oxygen atoms in total. The molecule has 0 aliphatic heterocycles. The average molecular weight is 187 g/mol. The molecule has 0 aliphatic rings. The molecule has 0 unspecified atom stereocenters. The lowest BCUT2D eigenvalue weighted by atomic mass is 10.1. The zero-order valence-corrected chi connectivity index (χ0v) is 7.71. The van der Waals surface area contributed by atoms with Crippen LogP contribution in [0.2, 0.25) is 0 Å². The summed E-state index contributed by atoms with van der Waals surface area (Å²) in [5.74, 6) is -0.545. The summed E-state index contributed by atoms with van der Waals surface area (Å²) in [5.41, 5.74) is 9.40. The fourth-order valence-electron chi connectivity index (χ4n) is 0.980. The number of benzene rings is 1. The van der Waals surface area contributed by atoms with Gasteiger partial charge in [-0.2, -0.15) is 0 Å². The molecule has 0 atom stereocenters. The second kappa shape index (κ2) is 4.84. The van der Waals surface area contributed by atoms with Crippen molar-refractivity contribution in [2.75, 3.05) is 0 Å². The van der Waals surface area contributed by atoms with Crippen LogP contribution in [0, 0.1) is 0 Å². The molecule has 0 N–H and O–H groups in total. The maximum Gasteiger partial charge on any atom is 0.244 e. The maximum atomic E-state index is 11.1. The van der Waals surface area contributed by atoms with Crippen LogP contribution in [0.15, 0.2) is 41.0 Å². The van der Waals surface area contributed by atoms with Crippen LogP contribution in [0.4, 0.5) is 0 Å². The first kappa shape index (κ1) is 10.0. The van der Waals surface area contributed by atoms with Crippen molar-refractivity contribution in [3.63, 3.8) is 0 Å². The van der Waals surface area contributed by atoms with Gasteiger partial charge in [0.15, 0.2) is 0 Å². The molecule has 0 saturated carbocycles. The molecule has 0 spiro atoms. The van der Waals surface area contributed by atoms with E-state index in [0.29, 0.717) is 5.57 Å². The van der Waals surface area contributed by atoms with Gasteiger partial charge >= 0.3 is 0 Å². The monoisotopic (exact) mass is 187 g/mol. The lowest BCUT2D eigenvalue weighted by molar-refractivity contribution is -0.114.